The number of alkyl halides is 3. The van der Waals surface area contributed by atoms with Crippen molar-refractivity contribution in [3.63, 3.8) is 0 Å². The molecule has 0 unspecified atom stereocenters. The van der Waals surface area contributed by atoms with E-state index in [0.29, 0.717) is 11.3 Å². The van der Waals surface area contributed by atoms with Crippen molar-refractivity contribution in [1.29, 1.82) is 0 Å². The molecule has 0 aliphatic rings. The molecule has 0 bridgehead atoms. The van der Waals surface area contributed by atoms with Gasteiger partial charge in [0.15, 0.2) is 0 Å². The third-order valence-corrected chi connectivity index (χ3v) is 6.34. The van der Waals surface area contributed by atoms with Crippen molar-refractivity contribution in [2.75, 3.05) is 16.7 Å². The van der Waals surface area contributed by atoms with Crippen LogP contribution in [0, 0.1) is 0 Å². The summed E-state index contributed by atoms with van der Waals surface area (Å²) < 4.78 is 64.9. The van der Waals surface area contributed by atoms with E-state index >= 15 is 0 Å². The minimum atomic E-state index is -4.50. The minimum Gasteiger partial charge on any atom is -0.326 e. The number of anilines is 2. The number of sulfonamides is 1. The number of carbonyl (C=O) groups excluding carboxylic acids is 1. The largest absolute Gasteiger partial charge is 0.416 e. The zero-order valence-corrected chi connectivity index (χ0v) is 17.2. The fourth-order valence-electron chi connectivity index (χ4n) is 2.88. The van der Waals surface area contributed by atoms with Crippen LogP contribution in [0.5, 0.6) is 0 Å². The zero-order valence-electron chi connectivity index (χ0n) is 16.4. The van der Waals surface area contributed by atoms with Gasteiger partial charge in [-0.25, -0.2) is 8.42 Å². The molecule has 0 saturated heterocycles. The second kappa shape index (κ2) is 8.81. The first-order valence-corrected chi connectivity index (χ1v) is 10.6. The molecule has 162 valence electrons. The third-order valence-electron chi connectivity index (χ3n) is 4.54. The maximum Gasteiger partial charge on any atom is 0.416 e. The molecule has 3 rings (SSSR count). The summed E-state index contributed by atoms with van der Waals surface area (Å²) >= 11 is 0. The van der Waals surface area contributed by atoms with Gasteiger partial charge in [0, 0.05) is 12.7 Å². The van der Waals surface area contributed by atoms with Crippen LogP contribution in [-0.2, 0) is 27.4 Å². The van der Waals surface area contributed by atoms with Gasteiger partial charge in [0.2, 0.25) is 5.91 Å². The Hall–Kier alpha value is -3.33. The van der Waals surface area contributed by atoms with E-state index in [1.54, 1.807) is 42.5 Å². The van der Waals surface area contributed by atoms with Gasteiger partial charge in [-0.15, -0.1) is 0 Å². The molecule has 0 aromatic heterocycles. The third kappa shape index (κ3) is 5.43. The van der Waals surface area contributed by atoms with Gasteiger partial charge in [-0.3, -0.25) is 9.10 Å². The lowest BCUT2D eigenvalue weighted by atomic mass is 10.1. The summed E-state index contributed by atoms with van der Waals surface area (Å²) in [5.41, 5.74) is 0.187. The molecular weight excluding hydrogens is 429 g/mol. The summed E-state index contributed by atoms with van der Waals surface area (Å²) in [5.74, 6) is -0.489. The number of nitrogens with one attached hydrogen (secondary N) is 1. The van der Waals surface area contributed by atoms with E-state index < -0.39 is 27.7 Å². The molecule has 0 aliphatic heterocycles. The van der Waals surface area contributed by atoms with E-state index in [-0.39, 0.29) is 17.0 Å². The number of halogens is 3. The van der Waals surface area contributed by atoms with E-state index in [1.165, 1.54) is 31.3 Å². The average Bonchev–Trinajstić information content (AvgIpc) is 2.74. The molecule has 3 aromatic rings. The quantitative estimate of drug-likeness (QED) is 0.594. The smallest absolute Gasteiger partial charge is 0.326 e. The summed E-state index contributed by atoms with van der Waals surface area (Å²) in [7, 11) is -2.29. The second-order valence-corrected chi connectivity index (χ2v) is 8.72. The van der Waals surface area contributed by atoms with Crippen molar-refractivity contribution < 1.29 is 26.4 Å². The molecule has 0 spiro atoms. The lowest BCUT2D eigenvalue weighted by molar-refractivity contribution is -0.137. The molecule has 0 heterocycles. The van der Waals surface area contributed by atoms with Gasteiger partial charge >= 0.3 is 6.18 Å². The second-order valence-electron chi connectivity index (χ2n) is 6.76. The van der Waals surface area contributed by atoms with Gasteiger partial charge in [-0.2, -0.15) is 13.2 Å². The minimum absolute atomic E-state index is 0.0464. The van der Waals surface area contributed by atoms with E-state index in [1.807, 2.05) is 0 Å². The standard InChI is InChI=1S/C22H19F3N2O3S/c1-27(31(29,30)20-8-3-2-4-9-20)19-12-10-16(11-13-19)14-21(28)26-18-7-5-6-17(15-18)22(23,24)25/h2-13,15H,14H2,1H3,(H,26,28). The maximum absolute atomic E-state index is 12.8. The number of carbonyl (C=O) groups is 1. The molecular formula is C22H19F3N2O3S. The van der Waals surface area contributed by atoms with Crippen LogP contribution < -0.4 is 9.62 Å². The van der Waals surface area contributed by atoms with Crippen LogP contribution in [0.2, 0.25) is 0 Å². The molecule has 1 N–H and O–H groups in total. The predicted octanol–water partition coefficient (Wildman–Crippen LogP) is 4.71. The lowest BCUT2D eigenvalue weighted by Crippen LogP contribution is -2.26. The van der Waals surface area contributed by atoms with Gasteiger partial charge in [0.25, 0.3) is 10.0 Å². The first-order chi connectivity index (χ1) is 14.6. The molecule has 0 saturated carbocycles. The molecule has 31 heavy (non-hydrogen) atoms. The van der Waals surface area contributed by atoms with Crippen LogP contribution in [0.3, 0.4) is 0 Å². The predicted molar refractivity (Wildman–Crippen MR) is 112 cm³/mol. The Bertz CT molecular complexity index is 1160. The summed E-state index contributed by atoms with van der Waals surface area (Å²) in [6, 6.07) is 18.7. The highest BCUT2D eigenvalue weighted by Crippen LogP contribution is 2.30. The molecule has 1 amide bonds. The highest BCUT2D eigenvalue weighted by atomic mass is 32.2. The van der Waals surface area contributed by atoms with Crippen molar-refractivity contribution in [1.82, 2.24) is 0 Å². The lowest BCUT2D eigenvalue weighted by Gasteiger charge is -2.19. The Labute approximate surface area is 178 Å². The first kappa shape index (κ1) is 22.4. The molecule has 0 atom stereocenters. The topological polar surface area (TPSA) is 66.5 Å². The van der Waals surface area contributed by atoms with Crippen LogP contribution in [0.1, 0.15) is 11.1 Å². The van der Waals surface area contributed by atoms with Crippen molar-refractivity contribution in [3.05, 3.63) is 90.0 Å². The van der Waals surface area contributed by atoms with E-state index in [4.69, 9.17) is 0 Å². The van der Waals surface area contributed by atoms with Gasteiger partial charge in [0.05, 0.1) is 22.6 Å². The number of hydrogen-bond acceptors (Lipinski definition) is 3. The Morgan fingerprint density at radius 3 is 2.19 bits per heavy atom. The van der Waals surface area contributed by atoms with E-state index in [9.17, 15) is 26.4 Å². The molecule has 0 aliphatic carbocycles. The van der Waals surface area contributed by atoms with Crippen LogP contribution in [0.15, 0.2) is 83.8 Å². The van der Waals surface area contributed by atoms with E-state index in [0.717, 1.165) is 16.4 Å². The number of benzene rings is 3. The Morgan fingerprint density at radius 2 is 1.58 bits per heavy atom. The number of rotatable bonds is 6. The molecule has 3 aromatic carbocycles. The van der Waals surface area contributed by atoms with E-state index in [2.05, 4.69) is 5.32 Å². The molecule has 5 nitrogen and oxygen atoms in total. The van der Waals surface area contributed by atoms with Gasteiger partial charge in [-0.05, 0) is 48.0 Å². The summed E-state index contributed by atoms with van der Waals surface area (Å²) in [6.07, 6.45) is -4.58. The van der Waals surface area contributed by atoms with Crippen molar-refractivity contribution >= 4 is 27.3 Å². The van der Waals surface area contributed by atoms with Crippen LogP contribution in [0.4, 0.5) is 24.5 Å². The van der Waals surface area contributed by atoms with Crippen molar-refractivity contribution in [3.8, 4) is 0 Å². The Balaban J connectivity index is 1.67. The Kier molecular flexibility index (Phi) is 6.35. The van der Waals surface area contributed by atoms with Crippen LogP contribution >= 0.6 is 0 Å². The highest BCUT2D eigenvalue weighted by Gasteiger charge is 2.30. The highest BCUT2D eigenvalue weighted by molar-refractivity contribution is 7.92. The first-order valence-electron chi connectivity index (χ1n) is 9.17. The fourth-order valence-corrected chi connectivity index (χ4v) is 4.09. The summed E-state index contributed by atoms with van der Waals surface area (Å²) in [5, 5.41) is 2.44. The average molecular weight is 448 g/mol. The molecule has 0 radical (unpaired) electrons. The molecule has 9 heteroatoms. The van der Waals surface area contributed by atoms with Crippen molar-refractivity contribution in [2.24, 2.45) is 0 Å². The van der Waals surface area contributed by atoms with Gasteiger partial charge in [0.1, 0.15) is 0 Å². The molecule has 0 fully saturated rings. The normalized spacial score (nSPS) is 11.7. The number of hydrogen-bond donors (Lipinski definition) is 1. The number of amides is 1. The van der Waals surface area contributed by atoms with Crippen LogP contribution in [-0.4, -0.2) is 21.4 Å². The Morgan fingerprint density at radius 1 is 0.935 bits per heavy atom. The maximum atomic E-state index is 12.8. The summed E-state index contributed by atoms with van der Waals surface area (Å²) in [4.78, 5) is 12.4. The van der Waals surface area contributed by atoms with Gasteiger partial charge < -0.3 is 5.32 Å². The number of nitrogens with zero attached hydrogens (tertiary/aromatic N) is 1. The van der Waals surface area contributed by atoms with Gasteiger partial charge in [-0.1, -0.05) is 36.4 Å². The fraction of sp³-hybridized carbons (Fsp3) is 0.136. The van der Waals surface area contributed by atoms with Crippen LogP contribution in [0.25, 0.3) is 0 Å². The summed E-state index contributed by atoms with van der Waals surface area (Å²) in [6.45, 7) is 0. The monoisotopic (exact) mass is 448 g/mol. The SMILES string of the molecule is CN(c1ccc(CC(=O)Nc2cccc(C(F)(F)F)c2)cc1)S(=O)(=O)c1ccccc1. The zero-order chi connectivity index (χ0) is 22.6. The van der Waals surface area contributed by atoms with Crippen molar-refractivity contribution in [2.45, 2.75) is 17.5 Å².